The van der Waals surface area contributed by atoms with Crippen LogP contribution < -0.4 is 10.6 Å². The average molecular weight is 588 g/mol. The van der Waals surface area contributed by atoms with Gasteiger partial charge in [0.1, 0.15) is 0 Å². The quantitative estimate of drug-likeness (QED) is 0.133. The second kappa shape index (κ2) is 11.9. The molecule has 0 bridgehead atoms. The van der Waals surface area contributed by atoms with Gasteiger partial charge in [0.25, 0.3) is 11.6 Å². The number of nitro groups is 1. The molecule has 0 aliphatic carbocycles. The highest BCUT2D eigenvalue weighted by molar-refractivity contribution is 7.99. The second-order valence-electron chi connectivity index (χ2n) is 9.17. The smallest absolute Gasteiger partial charge is 0.273 e. The van der Waals surface area contributed by atoms with Crippen LogP contribution in [0.25, 0.3) is 15.9 Å². The van der Waals surface area contributed by atoms with Gasteiger partial charge in [0, 0.05) is 17.2 Å². The minimum Gasteiger partial charge on any atom is -0.345 e. The van der Waals surface area contributed by atoms with Gasteiger partial charge >= 0.3 is 0 Å². The molecule has 0 aliphatic rings. The van der Waals surface area contributed by atoms with Crippen molar-refractivity contribution < 1.29 is 14.5 Å². The largest absolute Gasteiger partial charge is 0.345 e. The highest BCUT2D eigenvalue weighted by Gasteiger charge is 2.21. The Hall–Kier alpha value is -4.62. The number of carbonyl (C=O) groups excluding carboxylic acids is 2. The molecule has 0 radical (unpaired) electrons. The topological polar surface area (TPSA) is 145 Å². The lowest BCUT2D eigenvalue weighted by molar-refractivity contribution is -0.385. The number of nitrogens with zero attached hydrogens (tertiary/aromatic N) is 5. The van der Waals surface area contributed by atoms with Crippen LogP contribution in [0.5, 0.6) is 0 Å². The first-order chi connectivity index (χ1) is 19.7. The predicted molar refractivity (Wildman–Crippen MR) is 159 cm³/mol. The summed E-state index contributed by atoms with van der Waals surface area (Å²) in [6.45, 7) is 5.53. The Labute approximate surface area is 243 Å². The molecule has 0 fully saturated rings. The summed E-state index contributed by atoms with van der Waals surface area (Å²) in [5, 5.41) is 26.6. The number of para-hydroxylation sites is 1. The zero-order valence-corrected chi connectivity index (χ0v) is 24.0. The lowest BCUT2D eigenvalue weighted by atomic mass is 10.1. The number of rotatable bonds is 9. The number of thioether (sulfide) groups is 1. The monoisotopic (exact) mass is 587 g/mol. The van der Waals surface area contributed by atoms with Crippen molar-refractivity contribution in [2.24, 2.45) is 0 Å². The maximum absolute atomic E-state index is 13.0. The van der Waals surface area contributed by atoms with E-state index >= 15 is 0 Å². The van der Waals surface area contributed by atoms with E-state index in [4.69, 9.17) is 0 Å². The molecule has 2 N–H and O–H groups in total. The van der Waals surface area contributed by atoms with E-state index in [9.17, 15) is 19.7 Å². The van der Waals surface area contributed by atoms with E-state index in [-0.39, 0.29) is 35.0 Å². The first-order valence-electron chi connectivity index (χ1n) is 12.5. The normalized spacial score (nSPS) is 11.0. The summed E-state index contributed by atoms with van der Waals surface area (Å²) in [5.41, 5.74) is 4.05. The molecule has 0 unspecified atom stereocenters. The molecule has 0 saturated heterocycles. The molecule has 2 heterocycles. The summed E-state index contributed by atoms with van der Waals surface area (Å²) in [6, 6.07) is 17.9. The second-order valence-corrected chi connectivity index (χ2v) is 11.1. The number of nitrogens with one attached hydrogen (secondary N) is 2. The van der Waals surface area contributed by atoms with Gasteiger partial charge in [-0.05, 0) is 56.2 Å². The Bertz CT molecular complexity index is 1760. The molecule has 0 atom stereocenters. The third-order valence-corrected chi connectivity index (χ3v) is 8.42. The Morgan fingerprint density at radius 1 is 1.00 bits per heavy atom. The van der Waals surface area contributed by atoms with Gasteiger partial charge < -0.3 is 10.6 Å². The average Bonchev–Trinajstić information content (AvgIpc) is 3.55. The number of carbonyl (C=O) groups is 2. The Balaban J connectivity index is 1.36. The Morgan fingerprint density at radius 3 is 2.56 bits per heavy atom. The van der Waals surface area contributed by atoms with Gasteiger partial charge in [-0.2, -0.15) is 0 Å². The van der Waals surface area contributed by atoms with Crippen molar-refractivity contribution in [2.75, 3.05) is 11.1 Å². The molecule has 5 rings (SSSR count). The number of nitro benzene ring substituents is 1. The summed E-state index contributed by atoms with van der Waals surface area (Å²) in [6.07, 6.45) is 0. The molecule has 208 valence electrons. The molecule has 5 aromatic rings. The fourth-order valence-corrected chi connectivity index (χ4v) is 5.91. The number of benzene rings is 3. The van der Waals surface area contributed by atoms with Crippen molar-refractivity contribution in [2.45, 2.75) is 32.5 Å². The number of anilines is 1. The zero-order valence-electron chi connectivity index (χ0n) is 22.4. The molecule has 2 aromatic heterocycles. The van der Waals surface area contributed by atoms with Gasteiger partial charge in [0.2, 0.25) is 5.91 Å². The minimum absolute atomic E-state index is 0.0137. The molecule has 0 spiro atoms. The van der Waals surface area contributed by atoms with E-state index < -0.39 is 10.8 Å². The summed E-state index contributed by atoms with van der Waals surface area (Å²) in [7, 11) is 0. The number of thiazole rings is 1. The lowest BCUT2D eigenvalue weighted by Crippen LogP contribution is -2.25. The van der Waals surface area contributed by atoms with Crippen molar-refractivity contribution in [3.63, 3.8) is 0 Å². The van der Waals surface area contributed by atoms with E-state index in [1.165, 1.54) is 35.2 Å². The highest BCUT2D eigenvalue weighted by Crippen LogP contribution is 2.28. The summed E-state index contributed by atoms with van der Waals surface area (Å²) < 4.78 is 2.80. The predicted octanol–water partition coefficient (Wildman–Crippen LogP) is 5.37. The van der Waals surface area contributed by atoms with Gasteiger partial charge in [-0.1, -0.05) is 53.4 Å². The van der Waals surface area contributed by atoms with E-state index in [2.05, 4.69) is 25.8 Å². The summed E-state index contributed by atoms with van der Waals surface area (Å²) >= 11 is 2.62. The minimum atomic E-state index is -0.514. The molecule has 11 nitrogen and oxygen atoms in total. The highest BCUT2D eigenvalue weighted by atomic mass is 32.2. The van der Waals surface area contributed by atoms with Crippen LogP contribution in [0.15, 0.2) is 65.8 Å². The van der Waals surface area contributed by atoms with E-state index in [1.54, 1.807) is 13.0 Å². The Kier molecular flexibility index (Phi) is 8.08. The van der Waals surface area contributed by atoms with Crippen molar-refractivity contribution >= 4 is 55.9 Å². The molecule has 2 amide bonds. The number of fused-ring (bicyclic) bond motifs is 1. The first kappa shape index (κ1) is 27.9. The third kappa shape index (κ3) is 5.95. The van der Waals surface area contributed by atoms with E-state index in [1.807, 2.05) is 60.9 Å². The molecule has 41 heavy (non-hydrogen) atoms. The van der Waals surface area contributed by atoms with Gasteiger partial charge in [-0.25, -0.2) is 4.98 Å². The number of hydrogen-bond donors (Lipinski definition) is 2. The molecular weight excluding hydrogens is 562 g/mol. The molecular formula is C28H25N7O4S2. The van der Waals surface area contributed by atoms with E-state index in [0.29, 0.717) is 16.1 Å². The van der Waals surface area contributed by atoms with Gasteiger partial charge in [0.15, 0.2) is 16.1 Å². The fraction of sp³-hybridized carbons (Fsp3) is 0.179. The van der Waals surface area contributed by atoms with Crippen molar-refractivity contribution in [1.82, 2.24) is 25.1 Å². The van der Waals surface area contributed by atoms with Crippen LogP contribution >= 0.6 is 23.1 Å². The van der Waals surface area contributed by atoms with Crippen LogP contribution in [-0.4, -0.2) is 42.2 Å². The lowest BCUT2D eigenvalue weighted by Gasteiger charge is -2.15. The van der Waals surface area contributed by atoms with Crippen molar-refractivity contribution in [3.8, 4) is 5.69 Å². The molecule has 13 heteroatoms. The zero-order chi connectivity index (χ0) is 29.1. The van der Waals surface area contributed by atoms with Gasteiger partial charge in [-0.3, -0.25) is 24.3 Å². The SMILES string of the molecule is Cc1cccc(-n2c(CNC(=O)c3cccc([N+](=O)[O-])c3C)nnc2SCC(=O)Nc2nc3ccccc3s2)c1C. The summed E-state index contributed by atoms with van der Waals surface area (Å²) in [4.78, 5) is 41.0. The standard InChI is InChI=1S/C28H25N7O4S2/c1-16-8-6-11-21(17(16)2)34-24(14-29-26(37)19-9-7-12-22(18(19)3)35(38)39)32-33-28(34)40-15-25(36)31-27-30-20-10-4-5-13-23(20)41-27/h4-13H,14-15H2,1-3H3,(H,29,37)(H,30,31,36). The number of aryl methyl sites for hydroxylation is 1. The molecule has 0 saturated carbocycles. The number of hydrogen-bond acceptors (Lipinski definition) is 9. The number of amides is 2. The van der Waals surface area contributed by atoms with Crippen LogP contribution in [0.2, 0.25) is 0 Å². The molecule has 0 aliphatic heterocycles. The van der Waals surface area contributed by atoms with Gasteiger partial charge in [-0.15, -0.1) is 10.2 Å². The van der Waals surface area contributed by atoms with Gasteiger partial charge in [0.05, 0.1) is 33.1 Å². The summed E-state index contributed by atoms with van der Waals surface area (Å²) in [5.74, 6) is -0.186. The van der Waals surface area contributed by atoms with Crippen LogP contribution in [0.4, 0.5) is 10.8 Å². The van der Waals surface area contributed by atoms with Crippen LogP contribution in [0, 0.1) is 30.9 Å². The Morgan fingerprint density at radius 2 is 1.78 bits per heavy atom. The van der Waals surface area contributed by atoms with Crippen LogP contribution in [0.1, 0.15) is 32.9 Å². The fourth-order valence-electron chi connectivity index (χ4n) is 4.26. The maximum Gasteiger partial charge on any atom is 0.273 e. The van der Waals surface area contributed by atoms with Crippen molar-refractivity contribution in [1.29, 1.82) is 0 Å². The first-order valence-corrected chi connectivity index (χ1v) is 14.3. The molecule has 3 aromatic carbocycles. The maximum atomic E-state index is 13.0. The van der Waals surface area contributed by atoms with Crippen LogP contribution in [-0.2, 0) is 11.3 Å². The van der Waals surface area contributed by atoms with E-state index in [0.717, 1.165) is 27.0 Å². The number of aromatic nitrogens is 4. The van der Waals surface area contributed by atoms with Crippen LogP contribution in [0.3, 0.4) is 0 Å². The van der Waals surface area contributed by atoms with Crippen molar-refractivity contribution in [3.05, 3.63) is 98.9 Å². The third-order valence-electron chi connectivity index (χ3n) is 6.54.